The fraction of sp³-hybridized carbons (Fsp3) is 0.500. The minimum absolute atomic E-state index is 0.0512. The predicted molar refractivity (Wildman–Crippen MR) is 151 cm³/mol. The van der Waals surface area contributed by atoms with Crippen molar-refractivity contribution in [2.24, 2.45) is 0 Å². The van der Waals surface area contributed by atoms with E-state index < -0.39 is 33.4 Å². The summed E-state index contributed by atoms with van der Waals surface area (Å²) in [7, 11) is -4.00. The quantitative estimate of drug-likeness (QED) is 0.324. The molecule has 1 aliphatic rings. The van der Waals surface area contributed by atoms with Crippen molar-refractivity contribution in [2.75, 3.05) is 17.1 Å². The number of nitrogens with one attached hydrogen (secondary N) is 1. The average molecular weight is 559 g/mol. The first-order valence-electron chi connectivity index (χ1n) is 13.3. The molecule has 10 nitrogen and oxygen atoms in total. The Morgan fingerprint density at radius 3 is 2.38 bits per heavy atom. The first-order chi connectivity index (χ1) is 18.4. The molecule has 0 spiro atoms. The Kier molecular flexibility index (Phi) is 10.1. The van der Waals surface area contributed by atoms with Crippen molar-refractivity contribution >= 4 is 33.2 Å². The van der Waals surface area contributed by atoms with Gasteiger partial charge in [0.25, 0.3) is 5.69 Å². The van der Waals surface area contributed by atoms with Gasteiger partial charge in [0, 0.05) is 24.7 Å². The lowest BCUT2D eigenvalue weighted by Crippen LogP contribution is -2.54. The van der Waals surface area contributed by atoms with Gasteiger partial charge in [-0.25, -0.2) is 8.42 Å². The zero-order valence-corrected chi connectivity index (χ0v) is 23.9. The zero-order valence-electron chi connectivity index (χ0n) is 23.1. The highest BCUT2D eigenvalue weighted by Crippen LogP contribution is 2.28. The number of hydrogen-bond donors (Lipinski definition) is 1. The van der Waals surface area contributed by atoms with Crippen LogP contribution in [0, 0.1) is 24.0 Å². The maximum absolute atomic E-state index is 13.9. The third kappa shape index (κ3) is 8.01. The first kappa shape index (κ1) is 30.1. The highest BCUT2D eigenvalue weighted by molar-refractivity contribution is 7.92. The van der Waals surface area contributed by atoms with Crippen LogP contribution >= 0.6 is 0 Å². The Bertz CT molecular complexity index is 1310. The standard InChI is InChI=1S/C28H38N4O6S/c1-5-25(28(34)29-23-12-7-6-8-13-23)30(18-22-11-9-10-20(2)16-22)27(33)19-31(39(4,37)38)26-17-24(32(35)36)15-14-21(26)3/h9-11,14-17,23,25H,5-8,12-13,18-19H2,1-4H3,(H,29,34). The third-order valence-corrected chi connectivity index (χ3v) is 8.25. The molecule has 0 radical (unpaired) electrons. The van der Waals surface area contributed by atoms with E-state index in [1.165, 1.54) is 17.0 Å². The SMILES string of the molecule is CCC(C(=O)NC1CCCCC1)N(Cc1cccc(C)c1)C(=O)CN(c1cc([N+](=O)[O-])ccc1C)S(C)(=O)=O. The van der Waals surface area contributed by atoms with E-state index in [-0.39, 0.29) is 29.9 Å². The van der Waals surface area contributed by atoms with E-state index in [9.17, 15) is 28.1 Å². The topological polar surface area (TPSA) is 130 Å². The molecule has 11 heteroatoms. The highest BCUT2D eigenvalue weighted by Gasteiger charge is 2.33. The molecule has 0 aliphatic heterocycles. The van der Waals surface area contributed by atoms with E-state index in [4.69, 9.17) is 0 Å². The Balaban J connectivity index is 1.97. The van der Waals surface area contributed by atoms with Gasteiger partial charge in [-0.2, -0.15) is 0 Å². The molecular formula is C28H38N4O6S. The summed E-state index contributed by atoms with van der Waals surface area (Å²) in [6, 6.07) is 10.7. The number of nitro benzene ring substituents is 1. The van der Waals surface area contributed by atoms with Crippen LogP contribution in [-0.4, -0.2) is 54.9 Å². The van der Waals surface area contributed by atoms with Gasteiger partial charge < -0.3 is 10.2 Å². The van der Waals surface area contributed by atoms with E-state index in [1.54, 1.807) is 6.92 Å². The summed E-state index contributed by atoms with van der Waals surface area (Å²) in [4.78, 5) is 39.6. The second-order valence-electron chi connectivity index (χ2n) is 10.3. The van der Waals surface area contributed by atoms with Crippen molar-refractivity contribution in [3.8, 4) is 0 Å². The van der Waals surface area contributed by atoms with E-state index >= 15 is 0 Å². The van der Waals surface area contributed by atoms with Crippen LogP contribution in [0.2, 0.25) is 0 Å². The summed E-state index contributed by atoms with van der Waals surface area (Å²) >= 11 is 0. The molecule has 212 valence electrons. The fourth-order valence-electron chi connectivity index (χ4n) is 5.05. The number of sulfonamides is 1. The van der Waals surface area contributed by atoms with Crippen molar-refractivity contribution in [1.29, 1.82) is 0 Å². The van der Waals surface area contributed by atoms with Crippen LogP contribution in [0.1, 0.15) is 62.1 Å². The first-order valence-corrected chi connectivity index (χ1v) is 15.1. The number of non-ortho nitro benzene ring substituents is 1. The van der Waals surface area contributed by atoms with Crippen molar-refractivity contribution in [2.45, 2.75) is 77.9 Å². The molecule has 0 saturated heterocycles. The van der Waals surface area contributed by atoms with Gasteiger partial charge in [0.05, 0.1) is 16.9 Å². The summed E-state index contributed by atoms with van der Waals surface area (Å²) in [5.41, 5.74) is 2.03. The smallest absolute Gasteiger partial charge is 0.271 e. The molecule has 1 aliphatic carbocycles. The molecule has 0 heterocycles. The van der Waals surface area contributed by atoms with Gasteiger partial charge in [-0.3, -0.25) is 24.0 Å². The summed E-state index contributed by atoms with van der Waals surface area (Å²) < 4.78 is 26.6. The number of carbonyl (C=O) groups excluding carboxylic acids is 2. The third-order valence-electron chi connectivity index (χ3n) is 7.12. The van der Waals surface area contributed by atoms with Crippen molar-refractivity contribution in [3.63, 3.8) is 0 Å². The minimum Gasteiger partial charge on any atom is -0.352 e. The summed E-state index contributed by atoms with van der Waals surface area (Å²) in [6.07, 6.45) is 6.30. The second kappa shape index (κ2) is 13.1. The van der Waals surface area contributed by atoms with Crippen molar-refractivity contribution in [3.05, 3.63) is 69.3 Å². The molecule has 2 aromatic rings. The largest absolute Gasteiger partial charge is 0.352 e. The maximum Gasteiger partial charge on any atom is 0.271 e. The molecule has 1 fully saturated rings. The summed E-state index contributed by atoms with van der Waals surface area (Å²) in [6.45, 7) is 4.89. The Morgan fingerprint density at radius 2 is 1.79 bits per heavy atom. The zero-order chi connectivity index (χ0) is 28.7. The molecule has 0 aromatic heterocycles. The number of rotatable bonds is 11. The van der Waals surface area contributed by atoms with Crippen molar-refractivity contribution in [1.82, 2.24) is 10.2 Å². The molecule has 1 N–H and O–H groups in total. The predicted octanol–water partition coefficient (Wildman–Crippen LogP) is 4.23. The van der Waals surface area contributed by atoms with Crippen LogP contribution in [-0.2, 0) is 26.2 Å². The van der Waals surface area contributed by atoms with Crippen LogP contribution in [0.4, 0.5) is 11.4 Å². The molecule has 39 heavy (non-hydrogen) atoms. The van der Waals surface area contributed by atoms with Gasteiger partial charge in [0.15, 0.2) is 0 Å². The Morgan fingerprint density at radius 1 is 1.10 bits per heavy atom. The molecular weight excluding hydrogens is 520 g/mol. The minimum atomic E-state index is -4.00. The van der Waals surface area contributed by atoms with Crippen molar-refractivity contribution < 1.29 is 22.9 Å². The number of anilines is 1. The fourth-order valence-corrected chi connectivity index (χ4v) is 5.94. The monoisotopic (exact) mass is 558 g/mol. The Hall–Kier alpha value is -3.47. The van der Waals surface area contributed by atoms with Crippen LogP contribution < -0.4 is 9.62 Å². The molecule has 2 aromatic carbocycles. The molecule has 3 rings (SSSR count). The normalized spacial score (nSPS) is 14.9. The molecule has 1 saturated carbocycles. The van der Waals surface area contributed by atoms with E-state index in [0.717, 1.165) is 59.9 Å². The van der Waals surface area contributed by atoms with Gasteiger partial charge >= 0.3 is 0 Å². The molecule has 0 bridgehead atoms. The van der Waals surface area contributed by atoms with Gasteiger partial charge in [-0.05, 0) is 44.2 Å². The van der Waals surface area contributed by atoms with Crippen LogP contribution in [0.3, 0.4) is 0 Å². The number of carbonyl (C=O) groups is 2. The van der Waals surface area contributed by atoms with Crippen LogP contribution in [0.15, 0.2) is 42.5 Å². The summed E-state index contributed by atoms with van der Waals surface area (Å²) in [5.74, 6) is -0.832. The number of nitrogens with zero attached hydrogens (tertiary/aromatic N) is 3. The van der Waals surface area contributed by atoms with E-state index in [1.807, 2.05) is 38.1 Å². The van der Waals surface area contributed by atoms with Gasteiger partial charge in [0.1, 0.15) is 12.6 Å². The molecule has 1 atom stereocenters. The summed E-state index contributed by atoms with van der Waals surface area (Å²) in [5, 5.41) is 14.5. The number of aryl methyl sites for hydroxylation is 2. The maximum atomic E-state index is 13.9. The number of benzene rings is 2. The van der Waals surface area contributed by atoms with Gasteiger partial charge in [-0.1, -0.05) is 62.1 Å². The molecule has 2 amide bonds. The van der Waals surface area contributed by atoms with E-state index in [2.05, 4.69) is 5.32 Å². The lowest BCUT2D eigenvalue weighted by atomic mass is 9.95. The lowest BCUT2D eigenvalue weighted by molar-refractivity contribution is -0.384. The average Bonchev–Trinajstić information content (AvgIpc) is 2.87. The highest BCUT2D eigenvalue weighted by atomic mass is 32.2. The van der Waals surface area contributed by atoms with Crippen LogP contribution in [0.25, 0.3) is 0 Å². The lowest BCUT2D eigenvalue weighted by Gasteiger charge is -2.34. The van der Waals surface area contributed by atoms with E-state index in [0.29, 0.717) is 12.0 Å². The molecule has 1 unspecified atom stereocenters. The van der Waals surface area contributed by atoms with Gasteiger partial charge in [-0.15, -0.1) is 0 Å². The Labute approximate surface area is 230 Å². The van der Waals surface area contributed by atoms with Crippen LogP contribution in [0.5, 0.6) is 0 Å². The second-order valence-corrected chi connectivity index (χ2v) is 12.2. The number of hydrogen-bond acceptors (Lipinski definition) is 6. The number of nitro groups is 1. The number of amides is 2. The van der Waals surface area contributed by atoms with Gasteiger partial charge in [0.2, 0.25) is 21.8 Å².